The first kappa shape index (κ1) is 12.4. The molecule has 0 bridgehead atoms. The fourth-order valence-corrected chi connectivity index (χ4v) is 3.00. The Morgan fingerprint density at radius 1 is 1.29 bits per heavy atom. The first-order valence-electron chi connectivity index (χ1n) is 7.45. The Bertz CT molecular complexity index is 777. The maximum atomic E-state index is 4.68. The van der Waals surface area contributed by atoms with Crippen LogP contribution < -0.4 is 4.90 Å². The zero-order valence-electron chi connectivity index (χ0n) is 12.1. The molecule has 4 nitrogen and oxygen atoms in total. The highest BCUT2D eigenvalue weighted by molar-refractivity contribution is 5.75. The van der Waals surface area contributed by atoms with E-state index >= 15 is 0 Å². The van der Waals surface area contributed by atoms with Crippen LogP contribution in [0.1, 0.15) is 13.3 Å². The van der Waals surface area contributed by atoms with E-state index in [1.807, 2.05) is 18.5 Å². The number of nitrogens with zero attached hydrogens (tertiary/aromatic N) is 3. The quantitative estimate of drug-likeness (QED) is 0.780. The summed E-state index contributed by atoms with van der Waals surface area (Å²) in [5, 5.41) is 0. The van der Waals surface area contributed by atoms with Crippen molar-refractivity contribution >= 4 is 16.9 Å². The van der Waals surface area contributed by atoms with Crippen LogP contribution in [-0.2, 0) is 0 Å². The van der Waals surface area contributed by atoms with Gasteiger partial charge in [-0.05, 0) is 30.5 Å². The maximum absolute atomic E-state index is 4.68. The van der Waals surface area contributed by atoms with Crippen LogP contribution in [0.5, 0.6) is 0 Å². The van der Waals surface area contributed by atoms with Crippen LogP contribution in [0, 0.1) is 5.92 Å². The number of hydrogen-bond acceptors (Lipinski definition) is 3. The lowest BCUT2D eigenvalue weighted by atomic mass is 10.1. The molecule has 0 amide bonds. The van der Waals surface area contributed by atoms with Crippen molar-refractivity contribution in [2.75, 3.05) is 18.0 Å². The van der Waals surface area contributed by atoms with Gasteiger partial charge in [-0.2, -0.15) is 0 Å². The van der Waals surface area contributed by atoms with Crippen molar-refractivity contribution in [2.24, 2.45) is 5.92 Å². The molecule has 0 radical (unpaired) electrons. The van der Waals surface area contributed by atoms with Crippen LogP contribution in [0.25, 0.3) is 22.4 Å². The molecule has 0 spiro atoms. The van der Waals surface area contributed by atoms with Gasteiger partial charge < -0.3 is 9.88 Å². The smallest absolute Gasteiger partial charge is 0.156 e. The molecule has 1 unspecified atom stereocenters. The van der Waals surface area contributed by atoms with Crippen LogP contribution in [0.2, 0.25) is 0 Å². The standard InChI is InChI=1S/C17H18N4/c1-12-6-8-21(11-12)14-4-2-3-13(9-14)16-10-19-17-15(20-16)5-7-18-17/h2-5,7,9-10,12H,6,8,11H2,1H3,(H,18,19). The lowest BCUT2D eigenvalue weighted by molar-refractivity contribution is 0.659. The number of aromatic amines is 1. The van der Waals surface area contributed by atoms with Crippen LogP contribution in [0.15, 0.2) is 42.7 Å². The van der Waals surface area contributed by atoms with E-state index < -0.39 is 0 Å². The largest absolute Gasteiger partial charge is 0.371 e. The van der Waals surface area contributed by atoms with Crippen molar-refractivity contribution in [3.8, 4) is 11.3 Å². The summed E-state index contributed by atoms with van der Waals surface area (Å²) in [5.74, 6) is 0.782. The summed E-state index contributed by atoms with van der Waals surface area (Å²) in [6, 6.07) is 10.6. The summed E-state index contributed by atoms with van der Waals surface area (Å²) in [6.45, 7) is 4.61. The summed E-state index contributed by atoms with van der Waals surface area (Å²) >= 11 is 0. The third kappa shape index (κ3) is 2.27. The molecule has 3 heterocycles. The van der Waals surface area contributed by atoms with E-state index in [4.69, 9.17) is 0 Å². The average molecular weight is 278 g/mol. The van der Waals surface area contributed by atoms with Gasteiger partial charge in [-0.25, -0.2) is 9.97 Å². The molecule has 1 N–H and O–H groups in total. The van der Waals surface area contributed by atoms with E-state index in [0.717, 1.165) is 41.4 Å². The summed E-state index contributed by atoms with van der Waals surface area (Å²) in [4.78, 5) is 14.6. The molecule has 1 aromatic carbocycles. The number of H-pyrrole nitrogens is 1. The Morgan fingerprint density at radius 3 is 3.10 bits per heavy atom. The number of hydrogen-bond donors (Lipinski definition) is 1. The predicted octanol–water partition coefficient (Wildman–Crippen LogP) is 3.47. The summed E-state index contributed by atoms with van der Waals surface area (Å²) in [6.07, 6.45) is 4.99. The molecule has 1 saturated heterocycles. The van der Waals surface area contributed by atoms with Gasteiger partial charge in [-0.3, -0.25) is 0 Å². The molecule has 0 aliphatic carbocycles. The molecular formula is C17H18N4. The van der Waals surface area contributed by atoms with Crippen LogP contribution in [0.3, 0.4) is 0 Å². The highest BCUT2D eigenvalue weighted by Gasteiger charge is 2.19. The number of benzene rings is 1. The van der Waals surface area contributed by atoms with Gasteiger partial charge >= 0.3 is 0 Å². The Balaban J connectivity index is 1.71. The Labute approximate surface area is 123 Å². The monoisotopic (exact) mass is 278 g/mol. The second-order valence-corrected chi connectivity index (χ2v) is 5.86. The van der Waals surface area contributed by atoms with Gasteiger partial charge in [0, 0.05) is 30.5 Å². The minimum atomic E-state index is 0.782. The summed E-state index contributed by atoms with van der Waals surface area (Å²) < 4.78 is 0. The van der Waals surface area contributed by atoms with E-state index in [9.17, 15) is 0 Å². The van der Waals surface area contributed by atoms with Gasteiger partial charge in [0.25, 0.3) is 0 Å². The summed E-state index contributed by atoms with van der Waals surface area (Å²) in [7, 11) is 0. The molecular weight excluding hydrogens is 260 g/mol. The lowest BCUT2D eigenvalue weighted by Crippen LogP contribution is -2.18. The van der Waals surface area contributed by atoms with Crippen LogP contribution in [-0.4, -0.2) is 28.0 Å². The Hall–Kier alpha value is -2.36. The van der Waals surface area contributed by atoms with Crippen molar-refractivity contribution in [1.82, 2.24) is 15.0 Å². The van der Waals surface area contributed by atoms with Crippen LogP contribution in [0.4, 0.5) is 5.69 Å². The zero-order valence-corrected chi connectivity index (χ0v) is 12.1. The van der Waals surface area contributed by atoms with E-state index in [-0.39, 0.29) is 0 Å². The third-order valence-electron chi connectivity index (χ3n) is 4.19. The van der Waals surface area contributed by atoms with Gasteiger partial charge in [0.2, 0.25) is 0 Å². The van der Waals surface area contributed by atoms with Crippen molar-refractivity contribution in [3.05, 3.63) is 42.7 Å². The normalized spacial score (nSPS) is 18.5. The SMILES string of the molecule is CC1CCN(c2cccc(-c3cnc4[nH]ccc4n3)c2)C1. The van der Waals surface area contributed by atoms with E-state index in [1.54, 1.807) is 0 Å². The minimum absolute atomic E-state index is 0.782. The molecule has 3 aromatic rings. The van der Waals surface area contributed by atoms with Crippen molar-refractivity contribution in [1.29, 1.82) is 0 Å². The number of rotatable bonds is 2. The molecule has 1 atom stereocenters. The highest BCUT2D eigenvalue weighted by atomic mass is 15.1. The molecule has 4 heteroatoms. The number of aromatic nitrogens is 3. The average Bonchev–Trinajstić information content (AvgIpc) is 3.15. The molecule has 1 aliphatic heterocycles. The second kappa shape index (κ2) is 4.88. The molecule has 1 aliphatic rings. The highest BCUT2D eigenvalue weighted by Crippen LogP contribution is 2.27. The topological polar surface area (TPSA) is 44.8 Å². The Morgan fingerprint density at radius 2 is 2.24 bits per heavy atom. The van der Waals surface area contributed by atoms with Crippen molar-refractivity contribution in [3.63, 3.8) is 0 Å². The molecule has 0 saturated carbocycles. The first-order chi connectivity index (χ1) is 10.3. The first-order valence-corrected chi connectivity index (χ1v) is 7.45. The number of anilines is 1. The molecule has 4 rings (SSSR count). The van der Waals surface area contributed by atoms with Crippen molar-refractivity contribution < 1.29 is 0 Å². The Kier molecular flexibility index (Phi) is 2.88. The van der Waals surface area contributed by atoms with Crippen molar-refractivity contribution in [2.45, 2.75) is 13.3 Å². The van der Waals surface area contributed by atoms with Gasteiger partial charge in [0.05, 0.1) is 11.9 Å². The fraction of sp³-hybridized carbons (Fsp3) is 0.294. The maximum Gasteiger partial charge on any atom is 0.156 e. The molecule has 106 valence electrons. The van der Waals surface area contributed by atoms with Crippen LogP contribution >= 0.6 is 0 Å². The minimum Gasteiger partial charge on any atom is -0.371 e. The van der Waals surface area contributed by atoms with E-state index in [0.29, 0.717) is 0 Å². The van der Waals surface area contributed by atoms with E-state index in [1.165, 1.54) is 12.1 Å². The molecule has 21 heavy (non-hydrogen) atoms. The van der Waals surface area contributed by atoms with Gasteiger partial charge in [0.1, 0.15) is 5.52 Å². The third-order valence-corrected chi connectivity index (χ3v) is 4.19. The fourth-order valence-electron chi connectivity index (χ4n) is 3.00. The molecule has 2 aromatic heterocycles. The van der Waals surface area contributed by atoms with E-state index in [2.05, 4.69) is 51.0 Å². The van der Waals surface area contributed by atoms with Gasteiger partial charge in [-0.15, -0.1) is 0 Å². The number of fused-ring (bicyclic) bond motifs is 1. The predicted molar refractivity (Wildman–Crippen MR) is 85.3 cm³/mol. The zero-order chi connectivity index (χ0) is 14.2. The second-order valence-electron chi connectivity index (χ2n) is 5.86. The molecule has 1 fully saturated rings. The van der Waals surface area contributed by atoms with Gasteiger partial charge in [0.15, 0.2) is 5.65 Å². The number of nitrogens with one attached hydrogen (secondary N) is 1. The summed E-state index contributed by atoms with van der Waals surface area (Å²) in [5.41, 5.74) is 5.09. The lowest BCUT2D eigenvalue weighted by Gasteiger charge is -2.18. The van der Waals surface area contributed by atoms with Gasteiger partial charge in [-0.1, -0.05) is 19.1 Å².